The van der Waals surface area contributed by atoms with Gasteiger partial charge >= 0.3 is 0 Å². The summed E-state index contributed by atoms with van der Waals surface area (Å²) in [7, 11) is 0. The molecule has 0 aliphatic rings. The molecular formula is C12H14N2O3S. The van der Waals surface area contributed by atoms with Crippen molar-refractivity contribution in [3.63, 3.8) is 0 Å². The van der Waals surface area contributed by atoms with Gasteiger partial charge in [0.1, 0.15) is 22.8 Å². The molecule has 0 aliphatic carbocycles. The Labute approximate surface area is 109 Å². The molecule has 18 heavy (non-hydrogen) atoms. The molecule has 0 bridgehead atoms. The van der Waals surface area contributed by atoms with E-state index >= 15 is 0 Å². The number of rotatable bonds is 5. The monoisotopic (exact) mass is 266 g/mol. The number of aromatic hydroxyl groups is 1. The van der Waals surface area contributed by atoms with E-state index in [0.29, 0.717) is 17.8 Å². The van der Waals surface area contributed by atoms with Gasteiger partial charge in [0.25, 0.3) is 0 Å². The van der Waals surface area contributed by atoms with Crippen LogP contribution in [0.3, 0.4) is 0 Å². The lowest BCUT2D eigenvalue weighted by atomic mass is 10.2. The van der Waals surface area contributed by atoms with Crippen molar-refractivity contribution in [2.75, 3.05) is 12.9 Å². The highest BCUT2D eigenvalue weighted by Gasteiger charge is 2.13. The van der Waals surface area contributed by atoms with Crippen LogP contribution in [0.15, 0.2) is 23.4 Å². The second kappa shape index (κ2) is 5.99. The summed E-state index contributed by atoms with van der Waals surface area (Å²) in [6.45, 7) is 2.37. The van der Waals surface area contributed by atoms with E-state index in [1.807, 2.05) is 25.3 Å². The summed E-state index contributed by atoms with van der Waals surface area (Å²) in [6, 6.07) is 3.70. The SMILES string of the molecule is CCOOCc1nc(SC)c2cccnc2c1O. The average Bonchev–Trinajstić information content (AvgIpc) is 2.42. The largest absolute Gasteiger partial charge is 0.504 e. The maximum atomic E-state index is 10.1. The van der Waals surface area contributed by atoms with Gasteiger partial charge in [-0.25, -0.2) is 14.8 Å². The Balaban J connectivity index is 2.44. The molecule has 6 heteroatoms. The standard InChI is InChI=1S/C12H14N2O3S/c1-3-16-17-7-9-11(15)10-8(5-4-6-13-10)12(14-9)18-2/h4-6,15H,3,7H2,1-2H3. The van der Waals surface area contributed by atoms with Crippen LogP contribution in [0.1, 0.15) is 12.6 Å². The predicted molar refractivity (Wildman–Crippen MR) is 69.4 cm³/mol. The minimum Gasteiger partial charge on any atom is -0.504 e. The topological polar surface area (TPSA) is 64.5 Å². The Hall–Kier alpha value is -1.37. The third-order valence-electron chi connectivity index (χ3n) is 2.36. The van der Waals surface area contributed by atoms with Gasteiger partial charge in [-0.2, -0.15) is 0 Å². The predicted octanol–water partition coefficient (Wildman–Crippen LogP) is 2.53. The first-order chi connectivity index (χ1) is 8.77. The van der Waals surface area contributed by atoms with Crippen molar-refractivity contribution in [3.05, 3.63) is 24.0 Å². The molecule has 0 amide bonds. The van der Waals surface area contributed by atoms with Gasteiger partial charge in [0, 0.05) is 11.6 Å². The lowest BCUT2D eigenvalue weighted by molar-refractivity contribution is -0.301. The third kappa shape index (κ3) is 2.55. The first kappa shape index (κ1) is 13.1. The van der Waals surface area contributed by atoms with Crippen LogP contribution in [0.25, 0.3) is 10.9 Å². The smallest absolute Gasteiger partial charge is 0.166 e. The van der Waals surface area contributed by atoms with Crippen molar-refractivity contribution in [2.45, 2.75) is 18.6 Å². The summed E-state index contributed by atoms with van der Waals surface area (Å²) in [5.41, 5.74) is 0.964. The van der Waals surface area contributed by atoms with Crippen molar-refractivity contribution < 1.29 is 14.9 Å². The first-order valence-corrected chi connectivity index (χ1v) is 6.75. The van der Waals surface area contributed by atoms with Crippen LogP contribution in [0.2, 0.25) is 0 Å². The van der Waals surface area contributed by atoms with Crippen LogP contribution in [-0.4, -0.2) is 27.9 Å². The summed E-state index contributed by atoms with van der Waals surface area (Å²) in [5, 5.41) is 11.7. The van der Waals surface area contributed by atoms with Gasteiger partial charge in [-0.3, -0.25) is 4.98 Å². The van der Waals surface area contributed by atoms with Crippen LogP contribution >= 0.6 is 11.8 Å². The molecule has 0 atom stereocenters. The van der Waals surface area contributed by atoms with Gasteiger partial charge in [-0.05, 0) is 25.3 Å². The summed E-state index contributed by atoms with van der Waals surface area (Å²) in [6.07, 6.45) is 3.57. The van der Waals surface area contributed by atoms with Gasteiger partial charge in [0.05, 0.1) is 6.61 Å². The maximum Gasteiger partial charge on any atom is 0.166 e. The minimum absolute atomic E-state index is 0.0445. The second-order valence-electron chi connectivity index (χ2n) is 3.48. The fraction of sp³-hybridized carbons (Fsp3) is 0.333. The quantitative estimate of drug-likeness (QED) is 0.388. The number of hydrogen-bond acceptors (Lipinski definition) is 6. The van der Waals surface area contributed by atoms with E-state index in [-0.39, 0.29) is 12.4 Å². The molecule has 0 aromatic carbocycles. The van der Waals surface area contributed by atoms with Crippen LogP contribution in [0.4, 0.5) is 0 Å². The molecule has 0 saturated carbocycles. The molecular weight excluding hydrogens is 252 g/mol. The Morgan fingerprint density at radius 1 is 1.39 bits per heavy atom. The van der Waals surface area contributed by atoms with E-state index in [4.69, 9.17) is 9.78 Å². The summed E-state index contributed by atoms with van der Waals surface area (Å²) >= 11 is 1.50. The lowest BCUT2D eigenvalue weighted by Crippen LogP contribution is -2.00. The van der Waals surface area contributed by atoms with Crippen molar-refractivity contribution in [3.8, 4) is 5.75 Å². The minimum atomic E-state index is 0.0445. The molecule has 0 spiro atoms. The molecule has 2 aromatic rings. The molecule has 0 unspecified atom stereocenters. The van der Waals surface area contributed by atoms with Gasteiger partial charge in [-0.1, -0.05) is 0 Å². The van der Waals surface area contributed by atoms with Crippen molar-refractivity contribution >= 4 is 22.7 Å². The van der Waals surface area contributed by atoms with E-state index in [9.17, 15) is 5.11 Å². The highest BCUT2D eigenvalue weighted by atomic mass is 32.2. The van der Waals surface area contributed by atoms with Crippen molar-refractivity contribution in [1.29, 1.82) is 0 Å². The van der Waals surface area contributed by atoms with Crippen molar-refractivity contribution in [2.24, 2.45) is 0 Å². The molecule has 0 radical (unpaired) electrons. The van der Waals surface area contributed by atoms with E-state index in [1.165, 1.54) is 11.8 Å². The summed E-state index contributed by atoms with van der Waals surface area (Å²) < 4.78 is 0. The molecule has 5 nitrogen and oxygen atoms in total. The zero-order valence-corrected chi connectivity index (χ0v) is 11.0. The molecule has 96 valence electrons. The molecule has 0 aliphatic heterocycles. The average molecular weight is 266 g/mol. The highest BCUT2D eigenvalue weighted by molar-refractivity contribution is 7.98. The highest BCUT2D eigenvalue weighted by Crippen LogP contribution is 2.31. The maximum absolute atomic E-state index is 10.1. The fourth-order valence-corrected chi connectivity index (χ4v) is 2.16. The van der Waals surface area contributed by atoms with E-state index < -0.39 is 0 Å². The number of pyridine rings is 2. The third-order valence-corrected chi connectivity index (χ3v) is 3.06. The molecule has 2 heterocycles. The van der Waals surface area contributed by atoms with Crippen LogP contribution in [-0.2, 0) is 16.4 Å². The van der Waals surface area contributed by atoms with E-state index in [1.54, 1.807) is 6.20 Å². The van der Waals surface area contributed by atoms with Crippen LogP contribution < -0.4 is 0 Å². The molecule has 1 N–H and O–H groups in total. The fourth-order valence-electron chi connectivity index (χ4n) is 1.58. The number of fused-ring (bicyclic) bond motifs is 1. The van der Waals surface area contributed by atoms with Crippen LogP contribution in [0, 0.1) is 0 Å². The van der Waals surface area contributed by atoms with Gasteiger partial charge in [0.2, 0.25) is 0 Å². The molecule has 0 saturated heterocycles. The van der Waals surface area contributed by atoms with Crippen molar-refractivity contribution in [1.82, 2.24) is 9.97 Å². The zero-order valence-electron chi connectivity index (χ0n) is 10.2. The summed E-state index contributed by atoms with van der Waals surface area (Å²) in [5.74, 6) is 0.0445. The molecule has 2 rings (SSSR count). The zero-order chi connectivity index (χ0) is 13.0. The molecule has 0 fully saturated rings. The Bertz CT molecular complexity index is 548. The Morgan fingerprint density at radius 2 is 2.22 bits per heavy atom. The number of thioether (sulfide) groups is 1. The van der Waals surface area contributed by atoms with Gasteiger partial charge in [0.15, 0.2) is 5.75 Å². The second-order valence-corrected chi connectivity index (χ2v) is 4.28. The first-order valence-electron chi connectivity index (χ1n) is 5.53. The van der Waals surface area contributed by atoms with Gasteiger partial charge in [-0.15, -0.1) is 11.8 Å². The number of hydrogen-bond donors (Lipinski definition) is 1. The molecule has 2 aromatic heterocycles. The van der Waals surface area contributed by atoms with E-state index in [2.05, 4.69) is 9.97 Å². The Kier molecular flexibility index (Phi) is 4.35. The lowest BCUT2D eigenvalue weighted by Gasteiger charge is -2.09. The number of nitrogens with zero attached hydrogens (tertiary/aromatic N) is 2. The summed E-state index contributed by atoms with van der Waals surface area (Å²) in [4.78, 5) is 18.3. The Morgan fingerprint density at radius 3 is 2.94 bits per heavy atom. The van der Waals surface area contributed by atoms with E-state index in [0.717, 1.165) is 10.4 Å². The number of aromatic nitrogens is 2. The normalized spacial score (nSPS) is 11.0. The van der Waals surface area contributed by atoms with Crippen LogP contribution in [0.5, 0.6) is 5.75 Å². The van der Waals surface area contributed by atoms with Gasteiger partial charge < -0.3 is 5.11 Å².